The van der Waals surface area contributed by atoms with Crippen molar-refractivity contribution in [1.29, 1.82) is 0 Å². The first-order chi connectivity index (χ1) is 18.6. The Hall–Kier alpha value is -4.42. The van der Waals surface area contributed by atoms with E-state index in [4.69, 9.17) is 0 Å². The van der Waals surface area contributed by atoms with Gasteiger partial charge in [-0.05, 0) is 61.0 Å². The monoisotopic (exact) mass is 551 g/mol. The highest BCUT2D eigenvalue weighted by Gasteiger charge is 2.26. The number of aromatic nitrogens is 1. The van der Waals surface area contributed by atoms with Gasteiger partial charge in [0, 0.05) is 36.5 Å². The maximum atomic E-state index is 13.4. The molecule has 1 N–H and O–H groups in total. The number of nitrogens with one attached hydrogen (secondary N) is 1. The number of anilines is 1. The summed E-state index contributed by atoms with van der Waals surface area (Å²) >= 11 is 0. The highest BCUT2D eigenvalue weighted by Crippen LogP contribution is 2.29. The van der Waals surface area contributed by atoms with Crippen LogP contribution in [-0.2, 0) is 10.0 Å². The van der Waals surface area contributed by atoms with Gasteiger partial charge in [0.25, 0.3) is 5.69 Å². The van der Waals surface area contributed by atoms with Crippen molar-refractivity contribution in [3.63, 3.8) is 0 Å². The molecule has 0 atom stereocenters. The molecule has 39 heavy (non-hydrogen) atoms. The minimum absolute atomic E-state index is 0.00136. The summed E-state index contributed by atoms with van der Waals surface area (Å²) in [5, 5.41) is 15.9. The first-order valence-electron chi connectivity index (χ1n) is 12.1. The third-order valence-corrected chi connectivity index (χ3v) is 8.39. The minimum atomic E-state index is -3.89. The van der Waals surface area contributed by atoms with Gasteiger partial charge in [-0.1, -0.05) is 19.9 Å². The Kier molecular flexibility index (Phi) is 7.88. The summed E-state index contributed by atoms with van der Waals surface area (Å²) in [7, 11) is -3.89. The third kappa shape index (κ3) is 5.29. The highest BCUT2D eigenvalue weighted by atomic mass is 32.2. The lowest BCUT2D eigenvalue weighted by atomic mass is 10.0. The van der Waals surface area contributed by atoms with Gasteiger partial charge in [0.1, 0.15) is 11.5 Å². The van der Waals surface area contributed by atoms with Crippen LogP contribution in [0.2, 0.25) is 0 Å². The average Bonchev–Trinajstić information content (AvgIpc) is 3.20. The number of nitrogens with zero attached hydrogens (tertiary/aromatic N) is 4. The van der Waals surface area contributed by atoms with Gasteiger partial charge in [0.2, 0.25) is 15.8 Å². The number of ketones is 1. The molecule has 0 fully saturated rings. The summed E-state index contributed by atoms with van der Waals surface area (Å²) in [5.41, 5.74) is 4.74. The second-order valence-corrected chi connectivity index (χ2v) is 10.5. The van der Waals surface area contributed by atoms with Crippen molar-refractivity contribution < 1.29 is 22.5 Å². The molecule has 202 valence electrons. The number of carbonyl (C=O) groups is 1. The Morgan fingerprint density at radius 3 is 2.46 bits per heavy atom. The van der Waals surface area contributed by atoms with E-state index < -0.39 is 26.5 Å². The van der Waals surface area contributed by atoms with Gasteiger partial charge in [-0.2, -0.15) is 9.41 Å². The quantitative estimate of drug-likeness (QED) is 0.128. The zero-order valence-corrected chi connectivity index (χ0v) is 22.3. The molecule has 10 nitrogen and oxygen atoms in total. The molecule has 12 heteroatoms. The molecule has 2 heterocycles. The number of fused-ring (bicyclic) bond motifs is 1. The Balaban J connectivity index is 1.70. The van der Waals surface area contributed by atoms with Crippen molar-refractivity contribution in [1.82, 2.24) is 8.71 Å². The predicted molar refractivity (Wildman–Crippen MR) is 146 cm³/mol. The molecular formula is C27H26FN5O5S. The fourth-order valence-corrected chi connectivity index (χ4v) is 5.81. The Bertz CT molecular complexity index is 1690. The van der Waals surface area contributed by atoms with Crippen LogP contribution in [0.5, 0.6) is 0 Å². The van der Waals surface area contributed by atoms with Crippen molar-refractivity contribution >= 4 is 38.9 Å². The van der Waals surface area contributed by atoms with E-state index in [1.54, 1.807) is 49.6 Å². The molecule has 0 aliphatic heterocycles. The number of halogens is 1. The topological polar surface area (TPSA) is 126 Å². The van der Waals surface area contributed by atoms with Gasteiger partial charge >= 0.3 is 0 Å². The molecule has 0 spiro atoms. The molecule has 0 aliphatic carbocycles. The number of hydrazone groups is 1. The van der Waals surface area contributed by atoms with Gasteiger partial charge in [0.15, 0.2) is 0 Å². The molecule has 0 unspecified atom stereocenters. The first kappa shape index (κ1) is 27.6. The first-order valence-corrected chi connectivity index (χ1v) is 13.5. The Morgan fingerprint density at radius 2 is 1.82 bits per heavy atom. The molecule has 4 aromatic rings. The molecule has 0 saturated carbocycles. The molecule has 4 rings (SSSR count). The van der Waals surface area contributed by atoms with Gasteiger partial charge in [-0.3, -0.25) is 20.3 Å². The van der Waals surface area contributed by atoms with E-state index in [0.717, 1.165) is 6.07 Å². The normalized spacial score (nSPS) is 11.9. The summed E-state index contributed by atoms with van der Waals surface area (Å²) in [4.78, 5) is 24.2. The molecule has 0 radical (unpaired) electrons. The Labute approximate surface area is 224 Å². The van der Waals surface area contributed by atoms with E-state index in [1.165, 1.54) is 46.9 Å². The van der Waals surface area contributed by atoms with Crippen molar-refractivity contribution in [2.24, 2.45) is 5.10 Å². The fraction of sp³-hybridized carbons (Fsp3) is 0.185. The minimum Gasteiger partial charge on any atom is -0.313 e. The van der Waals surface area contributed by atoms with Crippen LogP contribution in [0.25, 0.3) is 5.52 Å². The fourth-order valence-electron chi connectivity index (χ4n) is 4.34. The van der Waals surface area contributed by atoms with Gasteiger partial charge in [0.05, 0.1) is 27.2 Å². The van der Waals surface area contributed by atoms with E-state index in [9.17, 15) is 27.7 Å². The van der Waals surface area contributed by atoms with Crippen LogP contribution in [0.1, 0.15) is 41.0 Å². The number of benzene rings is 2. The predicted octanol–water partition coefficient (Wildman–Crippen LogP) is 5.00. The van der Waals surface area contributed by atoms with Crippen molar-refractivity contribution in [2.75, 3.05) is 18.5 Å². The summed E-state index contributed by atoms with van der Waals surface area (Å²) in [5.74, 6) is -0.753. The lowest BCUT2D eigenvalue weighted by Gasteiger charge is -2.18. The van der Waals surface area contributed by atoms with E-state index in [-0.39, 0.29) is 29.5 Å². The van der Waals surface area contributed by atoms with Crippen LogP contribution in [-0.4, -0.2) is 47.1 Å². The van der Waals surface area contributed by atoms with E-state index in [1.807, 2.05) is 0 Å². The van der Waals surface area contributed by atoms with E-state index in [2.05, 4.69) is 10.5 Å². The van der Waals surface area contributed by atoms with Gasteiger partial charge in [-0.15, -0.1) is 0 Å². The van der Waals surface area contributed by atoms with Crippen LogP contribution in [0, 0.1) is 22.9 Å². The second kappa shape index (κ2) is 11.1. The number of nitro groups is 1. The van der Waals surface area contributed by atoms with Gasteiger partial charge in [-0.25, -0.2) is 12.8 Å². The smallest absolute Gasteiger partial charge is 0.295 e. The van der Waals surface area contributed by atoms with Crippen LogP contribution >= 0.6 is 0 Å². The number of pyridine rings is 1. The lowest BCUT2D eigenvalue weighted by molar-refractivity contribution is -0.384. The maximum Gasteiger partial charge on any atom is 0.295 e. The van der Waals surface area contributed by atoms with Crippen LogP contribution < -0.4 is 5.43 Å². The molecule has 2 aromatic heterocycles. The SMILES string of the molecule is CCN(CC)S(=O)(=O)c1ccc(N/N=C/c2c(C)c(C(=O)c3ccc(F)cc3)n3ccccc23)c([N+](=O)[O-])c1. The van der Waals surface area contributed by atoms with Crippen molar-refractivity contribution in [3.05, 3.63) is 105 Å². The Morgan fingerprint density at radius 1 is 1.13 bits per heavy atom. The van der Waals surface area contributed by atoms with Crippen molar-refractivity contribution in [2.45, 2.75) is 25.7 Å². The van der Waals surface area contributed by atoms with E-state index in [0.29, 0.717) is 27.9 Å². The standard InChI is InChI=1S/C27H26FN5O5S/c1-4-31(5-2)39(37,38)21-13-14-23(25(16-21)33(35)36)30-29-17-22-18(3)26(32-15-7-6-8-24(22)32)27(34)19-9-11-20(28)12-10-19/h6-17,30H,4-5H2,1-3H3/b29-17+. The summed E-state index contributed by atoms with van der Waals surface area (Å²) < 4.78 is 41.9. The molecule has 2 aromatic carbocycles. The number of sulfonamides is 1. The number of hydrogen-bond donors (Lipinski definition) is 1. The number of hydrogen-bond acceptors (Lipinski definition) is 7. The average molecular weight is 552 g/mol. The lowest BCUT2D eigenvalue weighted by Crippen LogP contribution is -2.30. The zero-order valence-electron chi connectivity index (χ0n) is 21.5. The molecular weight excluding hydrogens is 525 g/mol. The van der Waals surface area contributed by atoms with Crippen LogP contribution in [0.4, 0.5) is 15.8 Å². The summed E-state index contributed by atoms with van der Waals surface area (Å²) in [6, 6.07) is 14.2. The molecule has 0 amide bonds. The maximum absolute atomic E-state index is 13.4. The largest absolute Gasteiger partial charge is 0.313 e. The molecule has 0 saturated heterocycles. The van der Waals surface area contributed by atoms with Gasteiger partial charge < -0.3 is 4.40 Å². The highest BCUT2D eigenvalue weighted by molar-refractivity contribution is 7.89. The summed E-state index contributed by atoms with van der Waals surface area (Å²) in [6.07, 6.45) is 3.17. The van der Waals surface area contributed by atoms with Crippen LogP contribution in [0.3, 0.4) is 0 Å². The number of rotatable bonds is 10. The molecule has 0 aliphatic rings. The zero-order chi connectivity index (χ0) is 28.3. The van der Waals surface area contributed by atoms with Crippen molar-refractivity contribution in [3.8, 4) is 0 Å². The van der Waals surface area contributed by atoms with Crippen LogP contribution in [0.15, 0.2) is 76.9 Å². The van der Waals surface area contributed by atoms with E-state index >= 15 is 0 Å². The number of nitro benzene ring substituents is 1. The third-order valence-electron chi connectivity index (χ3n) is 6.35. The molecule has 0 bridgehead atoms. The summed E-state index contributed by atoms with van der Waals surface area (Å²) in [6.45, 7) is 5.58. The number of carbonyl (C=O) groups excluding carboxylic acids is 1. The second-order valence-electron chi connectivity index (χ2n) is 8.57.